The number of hydrogen-bond acceptors (Lipinski definition) is 6. The highest BCUT2D eigenvalue weighted by molar-refractivity contribution is 6.06. The highest BCUT2D eigenvalue weighted by atomic mass is 16.1. The van der Waals surface area contributed by atoms with Gasteiger partial charge in [-0.2, -0.15) is 0 Å². The van der Waals surface area contributed by atoms with Crippen molar-refractivity contribution in [3.05, 3.63) is 41.3 Å². The van der Waals surface area contributed by atoms with E-state index in [4.69, 9.17) is 5.84 Å². The fraction of sp³-hybridized carbons (Fsp3) is 0.167. The van der Waals surface area contributed by atoms with E-state index in [1.165, 1.54) is 0 Å². The molecule has 7 nitrogen and oxygen atoms in total. The van der Waals surface area contributed by atoms with Gasteiger partial charge in [-0.15, -0.1) is 0 Å². The minimum absolute atomic E-state index is 0.259. The Labute approximate surface area is 110 Å². The summed E-state index contributed by atoms with van der Waals surface area (Å²) in [6, 6.07) is 5.09. The number of nitrogen functional groups attached to an aromatic ring is 1. The van der Waals surface area contributed by atoms with Crippen LogP contribution in [-0.4, -0.2) is 20.9 Å². The zero-order valence-corrected chi connectivity index (χ0v) is 10.6. The summed E-state index contributed by atoms with van der Waals surface area (Å²) in [5, 5.41) is 2.62. The van der Waals surface area contributed by atoms with E-state index < -0.39 is 0 Å². The van der Waals surface area contributed by atoms with Gasteiger partial charge in [-0.1, -0.05) is 0 Å². The van der Waals surface area contributed by atoms with E-state index >= 15 is 0 Å². The molecule has 0 unspecified atom stereocenters. The molecule has 0 fully saturated rings. The molecule has 0 aliphatic carbocycles. The van der Waals surface area contributed by atoms with Crippen LogP contribution in [0, 0.1) is 13.8 Å². The van der Waals surface area contributed by atoms with Gasteiger partial charge in [0, 0.05) is 17.6 Å². The topological polar surface area (TPSA) is 106 Å². The van der Waals surface area contributed by atoms with Gasteiger partial charge in [0.1, 0.15) is 0 Å². The van der Waals surface area contributed by atoms with E-state index in [2.05, 4.69) is 25.7 Å². The number of nitrogens with two attached hydrogens (primary N) is 1. The molecule has 0 saturated carbocycles. The van der Waals surface area contributed by atoms with E-state index in [9.17, 15) is 4.79 Å². The van der Waals surface area contributed by atoms with Gasteiger partial charge >= 0.3 is 0 Å². The quantitative estimate of drug-likeness (QED) is 0.560. The Morgan fingerprint density at radius 3 is 2.58 bits per heavy atom. The number of hydrogen-bond donors (Lipinski definition) is 3. The van der Waals surface area contributed by atoms with Crippen LogP contribution in [0.3, 0.4) is 0 Å². The zero-order chi connectivity index (χ0) is 13.8. The van der Waals surface area contributed by atoms with Crippen molar-refractivity contribution < 1.29 is 4.79 Å². The molecule has 0 bridgehead atoms. The minimum Gasteiger partial charge on any atom is -0.308 e. The molecule has 2 heterocycles. The van der Waals surface area contributed by atoms with Crippen LogP contribution in [0.5, 0.6) is 0 Å². The van der Waals surface area contributed by atoms with Crippen molar-refractivity contribution in [1.82, 2.24) is 15.0 Å². The molecule has 0 aromatic carbocycles. The molecule has 0 atom stereocenters. The summed E-state index contributed by atoms with van der Waals surface area (Å²) >= 11 is 0. The summed E-state index contributed by atoms with van der Waals surface area (Å²) in [6.45, 7) is 3.67. The Hall–Kier alpha value is -2.54. The molecule has 2 aromatic rings. The molecule has 0 spiro atoms. The molecule has 0 aliphatic heterocycles. The summed E-state index contributed by atoms with van der Waals surface area (Å²) in [6.07, 6.45) is 1.54. The van der Waals surface area contributed by atoms with Gasteiger partial charge in [-0.05, 0) is 32.0 Å². The third-order valence-corrected chi connectivity index (χ3v) is 2.40. The van der Waals surface area contributed by atoms with Crippen LogP contribution >= 0.6 is 0 Å². The number of carbonyl (C=O) groups is 1. The summed E-state index contributed by atoms with van der Waals surface area (Å²) in [4.78, 5) is 24.3. The maximum Gasteiger partial charge on any atom is 0.261 e. The lowest BCUT2D eigenvalue weighted by atomic mass is 10.2. The third-order valence-electron chi connectivity index (χ3n) is 2.40. The standard InChI is InChI=1S/C12H14N6O/c1-7-6-8(2)16-12(15-7)17-11(19)9-4-3-5-14-10(9)18-13/h3-6H,13H2,1-2H3,(H,14,18)(H,15,16,17,19). The Kier molecular flexibility index (Phi) is 3.67. The van der Waals surface area contributed by atoms with Crippen molar-refractivity contribution in [2.24, 2.45) is 5.84 Å². The second-order valence-electron chi connectivity index (χ2n) is 3.97. The van der Waals surface area contributed by atoms with Gasteiger partial charge in [0.05, 0.1) is 5.56 Å². The molecule has 0 saturated heterocycles. The van der Waals surface area contributed by atoms with Gasteiger partial charge in [-0.25, -0.2) is 20.8 Å². The number of carbonyl (C=O) groups excluding carboxylic acids is 1. The van der Waals surface area contributed by atoms with Gasteiger partial charge in [0.2, 0.25) is 5.95 Å². The second-order valence-corrected chi connectivity index (χ2v) is 3.97. The van der Waals surface area contributed by atoms with E-state index in [0.29, 0.717) is 11.4 Å². The van der Waals surface area contributed by atoms with Crippen LogP contribution in [0.15, 0.2) is 24.4 Å². The average molecular weight is 258 g/mol. The lowest BCUT2D eigenvalue weighted by molar-refractivity contribution is 0.102. The minimum atomic E-state index is -0.369. The molecule has 98 valence electrons. The first kappa shape index (κ1) is 12.9. The predicted molar refractivity (Wildman–Crippen MR) is 71.5 cm³/mol. The van der Waals surface area contributed by atoms with Crippen molar-refractivity contribution >= 4 is 17.7 Å². The maximum atomic E-state index is 12.1. The van der Waals surface area contributed by atoms with Crippen molar-refractivity contribution in [2.45, 2.75) is 13.8 Å². The zero-order valence-electron chi connectivity index (χ0n) is 10.6. The smallest absolute Gasteiger partial charge is 0.261 e. The van der Waals surface area contributed by atoms with Gasteiger partial charge < -0.3 is 5.43 Å². The van der Waals surface area contributed by atoms with Crippen LogP contribution in [0.2, 0.25) is 0 Å². The van der Waals surface area contributed by atoms with Crippen molar-refractivity contribution in [3.8, 4) is 0 Å². The van der Waals surface area contributed by atoms with Crippen LogP contribution in [0.4, 0.5) is 11.8 Å². The molecule has 7 heteroatoms. The number of anilines is 2. The highest BCUT2D eigenvalue weighted by Crippen LogP contribution is 2.12. The Morgan fingerprint density at radius 1 is 1.26 bits per heavy atom. The Balaban J connectivity index is 2.25. The summed E-state index contributed by atoms with van der Waals surface area (Å²) in [5.74, 6) is 5.49. The summed E-state index contributed by atoms with van der Waals surface area (Å²) in [5.41, 5.74) is 4.27. The predicted octanol–water partition coefficient (Wildman–Crippen LogP) is 1.03. The lowest BCUT2D eigenvalue weighted by Gasteiger charge is -2.08. The molecule has 4 N–H and O–H groups in total. The van der Waals surface area contributed by atoms with Crippen molar-refractivity contribution in [1.29, 1.82) is 0 Å². The number of nitrogens with one attached hydrogen (secondary N) is 2. The summed E-state index contributed by atoms with van der Waals surface area (Å²) in [7, 11) is 0. The SMILES string of the molecule is Cc1cc(C)nc(NC(=O)c2cccnc2NN)n1. The Bertz CT molecular complexity index is 593. The van der Waals surface area contributed by atoms with Crippen LogP contribution < -0.4 is 16.6 Å². The average Bonchev–Trinajstić information content (AvgIpc) is 2.37. The fourth-order valence-corrected chi connectivity index (χ4v) is 1.65. The first-order valence-corrected chi connectivity index (χ1v) is 5.65. The molecular formula is C12H14N6O. The van der Waals surface area contributed by atoms with Crippen molar-refractivity contribution in [3.63, 3.8) is 0 Å². The number of hydrazine groups is 1. The molecule has 2 aromatic heterocycles. The molecule has 0 radical (unpaired) electrons. The number of amides is 1. The normalized spacial score (nSPS) is 10.1. The number of aromatic nitrogens is 3. The first-order valence-electron chi connectivity index (χ1n) is 5.65. The molecular weight excluding hydrogens is 244 g/mol. The Morgan fingerprint density at radius 2 is 1.95 bits per heavy atom. The largest absolute Gasteiger partial charge is 0.308 e. The lowest BCUT2D eigenvalue weighted by Crippen LogP contribution is -2.19. The van der Waals surface area contributed by atoms with Gasteiger partial charge in [0.15, 0.2) is 5.82 Å². The van der Waals surface area contributed by atoms with E-state index in [-0.39, 0.29) is 11.9 Å². The number of rotatable bonds is 3. The third kappa shape index (κ3) is 3.02. The molecule has 0 aliphatic rings. The highest BCUT2D eigenvalue weighted by Gasteiger charge is 2.13. The van der Waals surface area contributed by atoms with Crippen LogP contribution in [0.25, 0.3) is 0 Å². The number of nitrogens with zero attached hydrogens (tertiary/aromatic N) is 3. The van der Waals surface area contributed by atoms with Crippen molar-refractivity contribution in [2.75, 3.05) is 10.7 Å². The molecule has 2 rings (SSSR count). The van der Waals surface area contributed by atoms with E-state index in [0.717, 1.165) is 11.4 Å². The molecule has 1 amide bonds. The summed E-state index contributed by atoms with van der Waals surface area (Å²) < 4.78 is 0. The first-order chi connectivity index (χ1) is 9.10. The number of pyridine rings is 1. The fourth-order valence-electron chi connectivity index (χ4n) is 1.65. The van der Waals surface area contributed by atoms with Gasteiger partial charge in [-0.3, -0.25) is 10.1 Å². The molecule has 19 heavy (non-hydrogen) atoms. The van der Waals surface area contributed by atoms with E-state index in [1.807, 2.05) is 19.9 Å². The van der Waals surface area contributed by atoms with E-state index in [1.54, 1.807) is 18.3 Å². The van der Waals surface area contributed by atoms with Gasteiger partial charge in [0.25, 0.3) is 5.91 Å². The maximum absolute atomic E-state index is 12.1. The van der Waals surface area contributed by atoms with Crippen LogP contribution in [0.1, 0.15) is 21.7 Å². The monoisotopic (exact) mass is 258 g/mol. The second kappa shape index (κ2) is 5.40. The number of aryl methyl sites for hydroxylation is 2. The van der Waals surface area contributed by atoms with Crippen LogP contribution in [-0.2, 0) is 0 Å².